The molecule has 2 atom stereocenters. The summed E-state index contributed by atoms with van der Waals surface area (Å²) in [6.07, 6.45) is 0. The number of aryl methyl sites for hydroxylation is 1. The molecular weight excluding hydrogens is 284 g/mol. The molecule has 0 saturated heterocycles. The Morgan fingerprint density at radius 2 is 2.09 bits per heavy atom. The van der Waals surface area contributed by atoms with Crippen molar-refractivity contribution in [1.82, 2.24) is 15.5 Å². The fraction of sp³-hybridized carbons (Fsp3) is 0.400. The Morgan fingerprint density at radius 3 is 2.73 bits per heavy atom. The van der Waals surface area contributed by atoms with E-state index in [1.807, 2.05) is 26.0 Å². The van der Waals surface area contributed by atoms with Gasteiger partial charge < -0.3 is 20.3 Å². The van der Waals surface area contributed by atoms with Crippen molar-refractivity contribution >= 4 is 11.7 Å². The smallest absolute Gasteiger partial charge is 0.319 e. The third kappa shape index (κ3) is 3.82. The van der Waals surface area contributed by atoms with E-state index in [0.717, 1.165) is 0 Å². The molecule has 0 fully saturated rings. The SMILES string of the molecule is Cc1nc(-c2ccccc2NC(=O)N[C@H](C)[C@H](C)CO)no1. The number of anilines is 1. The van der Waals surface area contributed by atoms with Crippen LogP contribution >= 0.6 is 0 Å². The number of aliphatic hydroxyl groups is 1. The maximum absolute atomic E-state index is 12.1. The Balaban J connectivity index is 2.12. The molecule has 0 radical (unpaired) electrons. The molecule has 2 rings (SSSR count). The number of amides is 2. The van der Waals surface area contributed by atoms with Gasteiger partial charge in [-0.1, -0.05) is 24.2 Å². The van der Waals surface area contributed by atoms with Crippen molar-refractivity contribution in [1.29, 1.82) is 0 Å². The minimum absolute atomic E-state index is 0.0141. The van der Waals surface area contributed by atoms with Gasteiger partial charge in [0.1, 0.15) is 0 Å². The number of aliphatic hydroxyl groups excluding tert-OH is 1. The molecule has 0 spiro atoms. The molecule has 1 aromatic heterocycles. The van der Waals surface area contributed by atoms with Gasteiger partial charge in [-0.05, 0) is 25.0 Å². The lowest BCUT2D eigenvalue weighted by Gasteiger charge is -2.20. The molecule has 7 nitrogen and oxygen atoms in total. The fourth-order valence-corrected chi connectivity index (χ4v) is 1.86. The number of nitrogens with zero attached hydrogens (tertiary/aromatic N) is 2. The molecule has 2 amide bonds. The number of carbonyl (C=O) groups excluding carboxylic acids is 1. The van der Waals surface area contributed by atoms with Crippen molar-refractivity contribution in [3.05, 3.63) is 30.2 Å². The fourth-order valence-electron chi connectivity index (χ4n) is 1.86. The van der Waals surface area contributed by atoms with Gasteiger partial charge in [-0.3, -0.25) is 0 Å². The summed E-state index contributed by atoms with van der Waals surface area (Å²) in [6, 6.07) is 6.72. The zero-order valence-corrected chi connectivity index (χ0v) is 12.8. The second-order valence-corrected chi connectivity index (χ2v) is 5.23. The van der Waals surface area contributed by atoms with Gasteiger partial charge in [0.05, 0.1) is 5.69 Å². The van der Waals surface area contributed by atoms with Crippen molar-refractivity contribution in [2.45, 2.75) is 26.8 Å². The number of rotatable bonds is 5. The number of hydrogen-bond acceptors (Lipinski definition) is 5. The number of para-hydroxylation sites is 1. The third-order valence-electron chi connectivity index (χ3n) is 3.44. The molecule has 0 aliphatic heterocycles. The Hall–Kier alpha value is -2.41. The Bertz CT molecular complexity index is 641. The van der Waals surface area contributed by atoms with E-state index in [1.54, 1.807) is 19.1 Å². The molecule has 118 valence electrons. The van der Waals surface area contributed by atoms with Crippen LogP contribution < -0.4 is 10.6 Å². The van der Waals surface area contributed by atoms with Crippen molar-refractivity contribution in [3.63, 3.8) is 0 Å². The Morgan fingerprint density at radius 1 is 1.36 bits per heavy atom. The molecule has 0 bridgehead atoms. The second-order valence-electron chi connectivity index (χ2n) is 5.23. The number of hydrogen-bond donors (Lipinski definition) is 3. The van der Waals surface area contributed by atoms with Gasteiger partial charge >= 0.3 is 6.03 Å². The van der Waals surface area contributed by atoms with Crippen molar-refractivity contribution in [2.75, 3.05) is 11.9 Å². The zero-order chi connectivity index (χ0) is 16.1. The van der Waals surface area contributed by atoms with Gasteiger partial charge in [0.25, 0.3) is 0 Å². The third-order valence-corrected chi connectivity index (χ3v) is 3.44. The largest absolute Gasteiger partial charge is 0.396 e. The average Bonchev–Trinajstić information content (AvgIpc) is 2.93. The maximum Gasteiger partial charge on any atom is 0.319 e. The summed E-state index contributed by atoms with van der Waals surface area (Å²) >= 11 is 0. The first-order chi connectivity index (χ1) is 10.5. The summed E-state index contributed by atoms with van der Waals surface area (Å²) in [5.74, 6) is 0.852. The summed E-state index contributed by atoms with van der Waals surface area (Å²) in [7, 11) is 0. The minimum Gasteiger partial charge on any atom is -0.396 e. The number of urea groups is 1. The quantitative estimate of drug-likeness (QED) is 0.786. The van der Waals surface area contributed by atoms with E-state index >= 15 is 0 Å². The van der Waals surface area contributed by atoms with Crippen molar-refractivity contribution in [2.24, 2.45) is 5.92 Å². The van der Waals surface area contributed by atoms with Gasteiger partial charge in [0, 0.05) is 25.1 Å². The molecule has 0 saturated carbocycles. The molecule has 22 heavy (non-hydrogen) atoms. The van der Waals surface area contributed by atoms with E-state index < -0.39 is 0 Å². The van der Waals surface area contributed by atoms with Crippen LogP contribution in [0.3, 0.4) is 0 Å². The van der Waals surface area contributed by atoms with Gasteiger partial charge in [-0.15, -0.1) is 0 Å². The summed E-state index contributed by atoms with van der Waals surface area (Å²) in [6.45, 7) is 5.42. The standard InChI is InChI=1S/C15H20N4O3/c1-9(8-20)10(2)16-15(21)18-13-7-5-4-6-12(13)14-17-11(3)22-19-14/h4-7,9-10,20H,8H2,1-3H3,(H2,16,18,21)/t9-,10-/m1/s1. The summed E-state index contributed by atoms with van der Waals surface area (Å²) in [5.41, 5.74) is 1.27. The van der Waals surface area contributed by atoms with Crippen LogP contribution in [0.15, 0.2) is 28.8 Å². The van der Waals surface area contributed by atoms with Crippen molar-refractivity contribution in [3.8, 4) is 11.4 Å². The highest BCUT2D eigenvalue weighted by Crippen LogP contribution is 2.25. The van der Waals surface area contributed by atoms with Gasteiger partial charge in [0.2, 0.25) is 11.7 Å². The van der Waals surface area contributed by atoms with Crippen LogP contribution in [-0.2, 0) is 0 Å². The predicted molar refractivity (Wildman–Crippen MR) is 82.3 cm³/mol. The topological polar surface area (TPSA) is 100 Å². The second kappa shape index (κ2) is 7.04. The van der Waals surface area contributed by atoms with Crippen LogP contribution in [0, 0.1) is 12.8 Å². The molecule has 0 unspecified atom stereocenters. The highest BCUT2D eigenvalue weighted by Gasteiger charge is 2.16. The van der Waals surface area contributed by atoms with Gasteiger partial charge in [-0.25, -0.2) is 4.79 Å². The monoisotopic (exact) mass is 304 g/mol. The first-order valence-electron chi connectivity index (χ1n) is 7.09. The summed E-state index contributed by atoms with van der Waals surface area (Å²) in [4.78, 5) is 16.2. The van der Waals surface area contributed by atoms with Crippen LogP contribution in [0.5, 0.6) is 0 Å². The van der Waals surface area contributed by atoms with Crippen LogP contribution in [0.25, 0.3) is 11.4 Å². The Labute approximate surface area is 128 Å². The first-order valence-corrected chi connectivity index (χ1v) is 7.09. The van der Waals surface area contributed by atoms with Gasteiger partial charge in [-0.2, -0.15) is 4.98 Å². The maximum atomic E-state index is 12.1. The molecule has 7 heteroatoms. The van der Waals surface area contributed by atoms with E-state index in [2.05, 4.69) is 20.8 Å². The molecule has 0 aliphatic rings. The summed E-state index contributed by atoms with van der Waals surface area (Å²) < 4.78 is 4.97. The zero-order valence-electron chi connectivity index (χ0n) is 12.8. The highest BCUT2D eigenvalue weighted by atomic mass is 16.5. The number of benzene rings is 1. The van der Waals surface area contributed by atoms with E-state index in [-0.39, 0.29) is 24.6 Å². The lowest BCUT2D eigenvalue weighted by molar-refractivity contribution is 0.204. The van der Waals surface area contributed by atoms with Crippen LogP contribution in [0.1, 0.15) is 19.7 Å². The molecule has 3 N–H and O–H groups in total. The van der Waals surface area contributed by atoms with Crippen LogP contribution in [0.4, 0.5) is 10.5 Å². The molecule has 2 aromatic rings. The summed E-state index contributed by atoms with van der Waals surface area (Å²) in [5, 5.41) is 18.5. The first kappa shape index (κ1) is 16.0. The van der Waals surface area contributed by atoms with Crippen molar-refractivity contribution < 1.29 is 14.4 Å². The number of aromatic nitrogens is 2. The van der Waals surface area contributed by atoms with Gasteiger partial charge in [0.15, 0.2) is 0 Å². The molecule has 0 aliphatic carbocycles. The molecule has 1 aromatic carbocycles. The van der Waals surface area contributed by atoms with E-state index in [1.165, 1.54) is 0 Å². The van der Waals surface area contributed by atoms with E-state index in [0.29, 0.717) is 23.0 Å². The van der Waals surface area contributed by atoms with Crippen LogP contribution in [-0.4, -0.2) is 33.9 Å². The normalized spacial score (nSPS) is 13.5. The predicted octanol–water partition coefficient (Wildman–Crippen LogP) is 2.18. The molecular formula is C15H20N4O3. The number of carbonyl (C=O) groups is 1. The highest BCUT2D eigenvalue weighted by molar-refractivity contribution is 5.93. The van der Waals surface area contributed by atoms with E-state index in [9.17, 15) is 4.79 Å². The lowest BCUT2D eigenvalue weighted by atomic mass is 10.1. The van der Waals surface area contributed by atoms with E-state index in [4.69, 9.17) is 9.63 Å². The average molecular weight is 304 g/mol. The van der Waals surface area contributed by atoms with Crippen LogP contribution in [0.2, 0.25) is 0 Å². The Kier molecular flexibility index (Phi) is 5.11. The number of nitrogens with one attached hydrogen (secondary N) is 2. The molecule has 1 heterocycles. The lowest BCUT2D eigenvalue weighted by Crippen LogP contribution is -2.40. The minimum atomic E-state index is -0.347.